The van der Waals surface area contributed by atoms with Crippen LogP contribution in [0.3, 0.4) is 0 Å². The van der Waals surface area contributed by atoms with Crippen molar-refractivity contribution in [3.05, 3.63) is 0 Å². The van der Waals surface area contributed by atoms with Crippen LogP contribution in [0.4, 0.5) is 0 Å². The second-order valence-electron chi connectivity index (χ2n) is 3.46. The molecule has 0 bridgehead atoms. The Balaban J connectivity index is 2.45. The molecule has 1 fully saturated rings. The Bertz CT molecular complexity index is 234. The van der Waals surface area contributed by atoms with Crippen LogP contribution in [0.2, 0.25) is 0 Å². The van der Waals surface area contributed by atoms with Gasteiger partial charge in [0, 0.05) is 0 Å². The Morgan fingerprint density at radius 2 is 2.15 bits per heavy atom. The van der Waals surface area contributed by atoms with Gasteiger partial charge in [0.15, 0.2) is 0 Å². The third-order valence-electron chi connectivity index (χ3n) is 2.55. The predicted molar refractivity (Wildman–Crippen MR) is 49.5 cm³/mol. The maximum Gasteiger partial charge on any atom is 0.287 e. The molecule has 0 aromatic rings. The van der Waals surface area contributed by atoms with Crippen LogP contribution >= 0.6 is 0 Å². The molecule has 1 rings (SSSR count). The zero-order valence-corrected chi connectivity index (χ0v) is 7.53. The Morgan fingerprint density at radius 3 is 2.46 bits per heavy atom. The van der Waals surface area contributed by atoms with E-state index in [4.69, 9.17) is 5.73 Å². The molecule has 0 heterocycles. The maximum atomic E-state index is 11.1. The number of rotatable bonds is 5. The van der Waals surface area contributed by atoms with Crippen LogP contribution in [0.5, 0.6) is 0 Å². The van der Waals surface area contributed by atoms with E-state index < -0.39 is 17.7 Å². The van der Waals surface area contributed by atoms with Crippen LogP contribution < -0.4 is 5.73 Å². The van der Waals surface area contributed by atoms with Gasteiger partial charge >= 0.3 is 0 Å². The molecule has 72 valence electrons. The van der Waals surface area contributed by atoms with Crippen LogP contribution in [0.15, 0.2) is 4.99 Å². The fourth-order valence-corrected chi connectivity index (χ4v) is 1.47. The molecule has 2 N–H and O–H groups in total. The van der Waals surface area contributed by atoms with E-state index in [9.17, 15) is 9.59 Å². The third-order valence-corrected chi connectivity index (χ3v) is 2.55. The van der Waals surface area contributed by atoms with Crippen molar-refractivity contribution in [1.82, 2.24) is 0 Å². The molecular weight excluding hydrogens is 168 g/mol. The lowest BCUT2D eigenvalue weighted by molar-refractivity contribution is -0.137. The van der Waals surface area contributed by atoms with Gasteiger partial charge in [-0.2, -0.15) is 0 Å². The number of primary amides is 1. The van der Waals surface area contributed by atoms with Crippen molar-refractivity contribution in [1.29, 1.82) is 0 Å². The Kier molecular flexibility index (Phi) is 3.17. The van der Waals surface area contributed by atoms with Gasteiger partial charge in [0.2, 0.25) is 5.78 Å². The summed E-state index contributed by atoms with van der Waals surface area (Å²) in [5, 5.41) is 0. The number of aliphatic imine (C=N–C) groups is 1. The summed E-state index contributed by atoms with van der Waals surface area (Å²) >= 11 is 0. The Morgan fingerprint density at radius 1 is 1.54 bits per heavy atom. The molecule has 0 spiro atoms. The summed E-state index contributed by atoms with van der Waals surface area (Å²) in [5.74, 6) is -0.988. The molecule has 1 aliphatic rings. The summed E-state index contributed by atoms with van der Waals surface area (Å²) in [4.78, 5) is 25.3. The number of hydrogen-bond donors (Lipinski definition) is 1. The van der Waals surface area contributed by atoms with Crippen LogP contribution in [-0.2, 0) is 9.59 Å². The average Bonchev–Trinajstić information content (AvgIpc) is 2.02. The first-order valence-electron chi connectivity index (χ1n) is 4.44. The fraction of sp³-hybridized carbons (Fsp3) is 0.667. The van der Waals surface area contributed by atoms with E-state index in [1.165, 1.54) is 6.42 Å². The summed E-state index contributed by atoms with van der Waals surface area (Å²) in [6.45, 7) is 3.30. The van der Waals surface area contributed by atoms with Gasteiger partial charge in [-0.05, 0) is 19.1 Å². The molecule has 0 saturated heterocycles. The number of nitrogens with two attached hydrogens (primary N) is 1. The second-order valence-corrected chi connectivity index (χ2v) is 3.46. The molecule has 1 aliphatic carbocycles. The molecule has 0 radical (unpaired) electrons. The molecule has 0 aromatic heterocycles. The van der Waals surface area contributed by atoms with Crippen molar-refractivity contribution < 1.29 is 9.59 Å². The lowest BCUT2D eigenvalue weighted by Gasteiger charge is -2.26. The van der Waals surface area contributed by atoms with E-state index in [-0.39, 0.29) is 0 Å². The normalized spacial score (nSPS) is 18.8. The summed E-state index contributed by atoms with van der Waals surface area (Å²) in [6, 6.07) is -0.609. The number of amides is 1. The standard InChI is InChI=1S/C9H14N2O2/c1-11-7(8(12)9(10)13)5-6-3-2-4-6/h6-7H,1-5H2,(H2,10,13). The zero-order chi connectivity index (χ0) is 9.84. The van der Waals surface area contributed by atoms with Gasteiger partial charge in [-0.25, -0.2) is 0 Å². The first-order valence-corrected chi connectivity index (χ1v) is 4.44. The second kappa shape index (κ2) is 4.16. The number of carbonyl (C=O) groups excluding carboxylic acids is 2. The maximum absolute atomic E-state index is 11.1. The SMILES string of the molecule is C=NC(CC1CCC1)C(=O)C(N)=O. The van der Waals surface area contributed by atoms with Crippen molar-refractivity contribution in [2.75, 3.05) is 0 Å². The van der Waals surface area contributed by atoms with Gasteiger partial charge in [-0.3, -0.25) is 14.6 Å². The van der Waals surface area contributed by atoms with Gasteiger partial charge < -0.3 is 5.73 Å². The highest BCUT2D eigenvalue weighted by atomic mass is 16.2. The highest BCUT2D eigenvalue weighted by Gasteiger charge is 2.27. The Labute approximate surface area is 77.2 Å². The summed E-state index contributed by atoms with van der Waals surface area (Å²) in [7, 11) is 0. The average molecular weight is 182 g/mol. The minimum atomic E-state index is -0.906. The monoisotopic (exact) mass is 182 g/mol. The minimum absolute atomic E-state index is 0.527. The van der Waals surface area contributed by atoms with Crippen LogP contribution in [0.25, 0.3) is 0 Å². The van der Waals surface area contributed by atoms with E-state index in [2.05, 4.69) is 11.7 Å². The predicted octanol–water partition coefficient (Wildman–Crippen LogP) is 0.300. The molecule has 1 atom stereocenters. The largest absolute Gasteiger partial charge is 0.363 e. The van der Waals surface area contributed by atoms with Crippen LogP contribution in [-0.4, -0.2) is 24.4 Å². The lowest BCUT2D eigenvalue weighted by Crippen LogP contribution is -2.34. The Hall–Kier alpha value is -1.19. The topological polar surface area (TPSA) is 72.5 Å². The number of hydrogen-bond acceptors (Lipinski definition) is 3. The molecule has 4 nitrogen and oxygen atoms in total. The summed E-state index contributed by atoms with van der Waals surface area (Å²) < 4.78 is 0. The van der Waals surface area contributed by atoms with Crippen molar-refractivity contribution in [3.8, 4) is 0 Å². The van der Waals surface area contributed by atoms with Crippen molar-refractivity contribution in [3.63, 3.8) is 0 Å². The number of ketones is 1. The van der Waals surface area contributed by atoms with Crippen LogP contribution in [0.1, 0.15) is 25.7 Å². The minimum Gasteiger partial charge on any atom is -0.363 e. The van der Waals surface area contributed by atoms with Crippen molar-refractivity contribution in [2.24, 2.45) is 16.6 Å². The van der Waals surface area contributed by atoms with E-state index >= 15 is 0 Å². The van der Waals surface area contributed by atoms with E-state index in [1.54, 1.807) is 0 Å². The van der Waals surface area contributed by atoms with Gasteiger partial charge in [0.1, 0.15) is 6.04 Å². The molecule has 13 heavy (non-hydrogen) atoms. The molecular formula is C9H14N2O2. The van der Waals surface area contributed by atoms with Crippen molar-refractivity contribution >= 4 is 18.4 Å². The van der Waals surface area contributed by atoms with E-state index in [1.807, 2.05) is 0 Å². The molecule has 1 unspecified atom stereocenters. The van der Waals surface area contributed by atoms with E-state index in [0.717, 1.165) is 12.8 Å². The summed E-state index contributed by atoms with van der Waals surface area (Å²) in [5.41, 5.74) is 4.87. The number of nitrogens with zero attached hydrogens (tertiary/aromatic N) is 1. The van der Waals surface area contributed by atoms with Crippen molar-refractivity contribution in [2.45, 2.75) is 31.7 Å². The van der Waals surface area contributed by atoms with E-state index in [0.29, 0.717) is 12.3 Å². The van der Waals surface area contributed by atoms with Gasteiger partial charge in [0.25, 0.3) is 5.91 Å². The molecule has 0 aromatic carbocycles. The fourth-order valence-electron chi connectivity index (χ4n) is 1.47. The smallest absolute Gasteiger partial charge is 0.287 e. The lowest BCUT2D eigenvalue weighted by atomic mass is 9.80. The number of Topliss-reactive ketones (excluding diaryl/α,β-unsaturated/α-hetero) is 1. The first-order chi connectivity index (χ1) is 6.15. The van der Waals surface area contributed by atoms with Crippen LogP contribution in [0, 0.1) is 5.92 Å². The number of carbonyl (C=O) groups is 2. The first kappa shape index (κ1) is 9.89. The highest BCUT2D eigenvalue weighted by Crippen LogP contribution is 2.31. The van der Waals surface area contributed by atoms with Gasteiger partial charge in [-0.1, -0.05) is 19.3 Å². The highest BCUT2D eigenvalue weighted by molar-refractivity contribution is 6.37. The molecule has 1 saturated carbocycles. The van der Waals surface area contributed by atoms with Gasteiger partial charge in [0.05, 0.1) is 0 Å². The third kappa shape index (κ3) is 2.37. The summed E-state index contributed by atoms with van der Waals surface area (Å²) in [6.07, 6.45) is 4.08. The zero-order valence-electron chi connectivity index (χ0n) is 7.53. The van der Waals surface area contributed by atoms with Gasteiger partial charge in [-0.15, -0.1) is 0 Å². The molecule has 1 amide bonds. The quantitative estimate of drug-likeness (QED) is 0.490. The molecule has 4 heteroatoms. The molecule has 0 aliphatic heterocycles.